The second kappa shape index (κ2) is 6.11. The van der Waals surface area contributed by atoms with Crippen molar-refractivity contribution in [3.8, 4) is 0 Å². The molecule has 5 heteroatoms. The molecule has 0 aromatic carbocycles. The van der Waals surface area contributed by atoms with Crippen LogP contribution in [0.15, 0.2) is 6.20 Å². The van der Waals surface area contributed by atoms with Crippen molar-refractivity contribution in [2.75, 3.05) is 25.1 Å². The van der Waals surface area contributed by atoms with Crippen LogP contribution in [0.3, 0.4) is 0 Å². The summed E-state index contributed by atoms with van der Waals surface area (Å²) in [6.45, 7) is 4.24. The van der Waals surface area contributed by atoms with Crippen molar-refractivity contribution in [1.29, 1.82) is 0 Å². The van der Waals surface area contributed by atoms with E-state index in [0.717, 1.165) is 30.2 Å². The van der Waals surface area contributed by atoms with Gasteiger partial charge in [-0.15, -0.1) is 0 Å². The third-order valence-electron chi connectivity index (χ3n) is 3.52. The zero-order valence-electron chi connectivity index (χ0n) is 11.2. The molecule has 100 valence electrons. The molecule has 0 bridgehead atoms. The van der Waals surface area contributed by atoms with Gasteiger partial charge in [0.1, 0.15) is 0 Å². The summed E-state index contributed by atoms with van der Waals surface area (Å²) in [5.74, 6) is 0.808. The number of nitrogens with zero attached hydrogens (tertiary/aromatic N) is 3. The fourth-order valence-corrected chi connectivity index (χ4v) is 2.42. The first-order chi connectivity index (χ1) is 8.76. The van der Waals surface area contributed by atoms with Crippen molar-refractivity contribution >= 4 is 5.95 Å². The zero-order valence-corrected chi connectivity index (χ0v) is 11.2. The third kappa shape index (κ3) is 2.79. The summed E-state index contributed by atoms with van der Waals surface area (Å²) in [6, 6.07) is 0.381. The Kier molecular flexibility index (Phi) is 4.49. The first-order valence-corrected chi connectivity index (χ1v) is 6.54. The van der Waals surface area contributed by atoms with Gasteiger partial charge in [-0.3, -0.25) is 0 Å². The number of ether oxygens (including phenoxy) is 1. The first kappa shape index (κ1) is 13.2. The summed E-state index contributed by atoms with van der Waals surface area (Å²) in [4.78, 5) is 11.3. The summed E-state index contributed by atoms with van der Waals surface area (Å²) < 4.78 is 5.12. The molecule has 1 atom stereocenters. The molecule has 1 aliphatic heterocycles. The van der Waals surface area contributed by atoms with Crippen LogP contribution in [-0.2, 0) is 11.3 Å². The van der Waals surface area contributed by atoms with Crippen LogP contribution in [0.25, 0.3) is 0 Å². The summed E-state index contributed by atoms with van der Waals surface area (Å²) in [5.41, 5.74) is 7.86. The number of rotatable bonds is 4. The fraction of sp³-hybridized carbons (Fsp3) is 0.692. The molecule has 0 amide bonds. The van der Waals surface area contributed by atoms with E-state index < -0.39 is 0 Å². The summed E-state index contributed by atoms with van der Waals surface area (Å²) in [7, 11) is 1.68. The van der Waals surface area contributed by atoms with Crippen LogP contribution < -0.4 is 10.6 Å². The highest BCUT2D eigenvalue weighted by Gasteiger charge is 2.23. The van der Waals surface area contributed by atoms with Crippen LogP contribution in [-0.4, -0.2) is 36.2 Å². The minimum Gasteiger partial charge on any atom is -0.380 e. The lowest BCUT2D eigenvalue weighted by Crippen LogP contribution is -2.45. The molecule has 5 nitrogen and oxygen atoms in total. The van der Waals surface area contributed by atoms with E-state index in [4.69, 9.17) is 10.5 Å². The molecule has 0 saturated carbocycles. The Morgan fingerprint density at radius 2 is 2.33 bits per heavy atom. The van der Waals surface area contributed by atoms with E-state index in [9.17, 15) is 0 Å². The van der Waals surface area contributed by atoms with Gasteiger partial charge >= 0.3 is 0 Å². The number of anilines is 1. The molecule has 0 spiro atoms. The molecule has 1 saturated heterocycles. The molecule has 2 rings (SSSR count). The Morgan fingerprint density at radius 1 is 1.50 bits per heavy atom. The highest BCUT2D eigenvalue weighted by Crippen LogP contribution is 2.21. The summed E-state index contributed by atoms with van der Waals surface area (Å²) in [5, 5.41) is 0. The van der Waals surface area contributed by atoms with Crippen molar-refractivity contribution in [3.63, 3.8) is 0 Å². The maximum atomic E-state index is 5.83. The van der Waals surface area contributed by atoms with Crippen LogP contribution in [0.1, 0.15) is 30.5 Å². The molecule has 1 aromatic heterocycles. The lowest BCUT2D eigenvalue weighted by atomic mass is 10.0. The molecule has 0 radical (unpaired) electrons. The molecule has 0 aliphatic carbocycles. The second-order valence-corrected chi connectivity index (χ2v) is 4.79. The Balaban J connectivity index is 2.19. The minimum atomic E-state index is 0.381. The molecular formula is C13H22N4O. The van der Waals surface area contributed by atoms with E-state index in [-0.39, 0.29) is 0 Å². The molecule has 2 N–H and O–H groups in total. The average Bonchev–Trinajstić information content (AvgIpc) is 2.41. The number of aromatic nitrogens is 2. The van der Waals surface area contributed by atoms with Crippen LogP contribution >= 0.6 is 0 Å². The maximum absolute atomic E-state index is 5.83. The van der Waals surface area contributed by atoms with Gasteiger partial charge in [-0.2, -0.15) is 0 Å². The van der Waals surface area contributed by atoms with Crippen LogP contribution in [0.4, 0.5) is 5.95 Å². The topological polar surface area (TPSA) is 64.3 Å². The Bertz CT molecular complexity index is 397. The van der Waals surface area contributed by atoms with Crippen LogP contribution in [0.2, 0.25) is 0 Å². The smallest absolute Gasteiger partial charge is 0.225 e. The van der Waals surface area contributed by atoms with Crippen molar-refractivity contribution in [2.24, 2.45) is 5.73 Å². The average molecular weight is 250 g/mol. The third-order valence-corrected chi connectivity index (χ3v) is 3.52. The van der Waals surface area contributed by atoms with Gasteiger partial charge in [0.15, 0.2) is 0 Å². The molecule has 2 heterocycles. The quantitative estimate of drug-likeness (QED) is 0.871. The molecule has 1 unspecified atom stereocenters. The normalized spacial score (nSPS) is 20.2. The minimum absolute atomic E-state index is 0.381. The van der Waals surface area contributed by atoms with Crippen molar-refractivity contribution in [1.82, 2.24) is 9.97 Å². The van der Waals surface area contributed by atoms with Gasteiger partial charge in [0.2, 0.25) is 5.95 Å². The Hall–Kier alpha value is -1.20. The number of piperidine rings is 1. The van der Waals surface area contributed by atoms with Gasteiger partial charge in [0.25, 0.3) is 0 Å². The Morgan fingerprint density at radius 3 is 3.00 bits per heavy atom. The summed E-state index contributed by atoms with van der Waals surface area (Å²) in [6.07, 6.45) is 5.44. The van der Waals surface area contributed by atoms with Crippen LogP contribution in [0.5, 0.6) is 0 Å². The monoisotopic (exact) mass is 250 g/mol. The molecule has 1 aromatic rings. The Labute approximate surface area is 108 Å². The zero-order chi connectivity index (χ0) is 13.0. The van der Waals surface area contributed by atoms with Gasteiger partial charge in [0.05, 0.1) is 6.61 Å². The predicted octanol–water partition coefficient (Wildman–Crippen LogP) is 1.25. The van der Waals surface area contributed by atoms with E-state index >= 15 is 0 Å². The lowest BCUT2D eigenvalue weighted by molar-refractivity contribution is 0.183. The number of nitrogens with two attached hydrogens (primary N) is 1. The molecule has 1 fully saturated rings. The van der Waals surface area contributed by atoms with Gasteiger partial charge < -0.3 is 15.4 Å². The number of hydrogen-bond donors (Lipinski definition) is 1. The van der Waals surface area contributed by atoms with Crippen molar-refractivity contribution in [3.05, 3.63) is 17.5 Å². The largest absolute Gasteiger partial charge is 0.380 e. The predicted molar refractivity (Wildman–Crippen MR) is 71.5 cm³/mol. The van der Waals surface area contributed by atoms with E-state index in [1.807, 2.05) is 13.1 Å². The summed E-state index contributed by atoms with van der Waals surface area (Å²) >= 11 is 0. The molecule has 18 heavy (non-hydrogen) atoms. The SMILES string of the molecule is COCc1cnc(N2CCCCC2CN)nc1C. The lowest BCUT2D eigenvalue weighted by Gasteiger charge is -2.35. The number of aryl methyl sites for hydroxylation is 1. The highest BCUT2D eigenvalue weighted by molar-refractivity contribution is 5.35. The van der Waals surface area contributed by atoms with E-state index in [0.29, 0.717) is 19.2 Å². The van der Waals surface area contributed by atoms with E-state index in [1.165, 1.54) is 12.8 Å². The fourth-order valence-electron chi connectivity index (χ4n) is 2.42. The van der Waals surface area contributed by atoms with Gasteiger partial charge in [-0.25, -0.2) is 9.97 Å². The van der Waals surface area contributed by atoms with Crippen molar-refractivity contribution < 1.29 is 4.74 Å². The molecular weight excluding hydrogens is 228 g/mol. The standard InChI is InChI=1S/C13H22N4O/c1-10-11(9-18-2)8-15-13(16-10)17-6-4-3-5-12(17)7-14/h8,12H,3-7,9,14H2,1-2H3. The van der Waals surface area contributed by atoms with E-state index in [1.54, 1.807) is 7.11 Å². The van der Waals surface area contributed by atoms with Gasteiger partial charge in [0, 0.05) is 43.7 Å². The van der Waals surface area contributed by atoms with Gasteiger partial charge in [-0.1, -0.05) is 0 Å². The van der Waals surface area contributed by atoms with Gasteiger partial charge in [-0.05, 0) is 26.2 Å². The molecule has 1 aliphatic rings. The second-order valence-electron chi connectivity index (χ2n) is 4.79. The van der Waals surface area contributed by atoms with Crippen LogP contribution in [0, 0.1) is 6.92 Å². The maximum Gasteiger partial charge on any atom is 0.225 e. The highest BCUT2D eigenvalue weighted by atomic mass is 16.5. The van der Waals surface area contributed by atoms with Crippen molar-refractivity contribution in [2.45, 2.75) is 38.8 Å². The van der Waals surface area contributed by atoms with E-state index in [2.05, 4.69) is 14.9 Å². The number of methoxy groups -OCH3 is 1. The number of hydrogen-bond acceptors (Lipinski definition) is 5. The first-order valence-electron chi connectivity index (χ1n) is 6.54.